The van der Waals surface area contributed by atoms with Gasteiger partial charge in [-0.05, 0) is 35.4 Å². The lowest BCUT2D eigenvalue weighted by atomic mass is 10.1. The molecule has 2 aromatic carbocycles. The molecule has 2 aliphatic rings. The molecule has 1 amide bonds. The van der Waals surface area contributed by atoms with Gasteiger partial charge in [-0.3, -0.25) is 9.69 Å². The van der Waals surface area contributed by atoms with Crippen LogP contribution in [-0.4, -0.2) is 72.7 Å². The average Bonchev–Trinajstić information content (AvgIpc) is 3.35. The minimum absolute atomic E-state index is 0.0748. The summed E-state index contributed by atoms with van der Waals surface area (Å²) in [6, 6.07) is 15.6. The number of piperazine rings is 1. The Morgan fingerprint density at radius 3 is 2.44 bits per heavy atom. The van der Waals surface area contributed by atoms with Crippen LogP contribution in [0.15, 0.2) is 53.7 Å². The van der Waals surface area contributed by atoms with Crippen molar-refractivity contribution in [2.24, 2.45) is 0 Å². The Kier molecular flexibility index (Phi) is 7.50. The quantitative estimate of drug-likeness (QED) is 0.258. The van der Waals surface area contributed by atoms with Gasteiger partial charge in [-0.15, -0.1) is 0 Å². The van der Waals surface area contributed by atoms with Crippen molar-refractivity contribution in [2.45, 2.75) is 17.5 Å². The molecule has 1 saturated heterocycles. The number of hydrogen-bond donors (Lipinski definition) is 0. The van der Waals surface area contributed by atoms with E-state index in [-0.39, 0.29) is 12.7 Å². The molecule has 0 saturated carbocycles. The van der Waals surface area contributed by atoms with Gasteiger partial charge in [-0.1, -0.05) is 41.6 Å². The van der Waals surface area contributed by atoms with E-state index in [9.17, 15) is 4.79 Å². The molecule has 2 aliphatic heterocycles. The zero-order valence-electron chi connectivity index (χ0n) is 20.3. The number of thioether (sulfide) groups is 1. The number of carbonyl (C=O) groups excluding carboxylic acids is 1. The van der Waals surface area contributed by atoms with E-state index in [0.29, 0.717) is 34.7 Å². The van der Waals surface area contributed by atoms with Crippen molar-refractivity contribution in [2.75, 3.05) is 52.0 Å². The van der Waals surface area contributed by atoms with Crippen LogP contribution in [0.4, 0.5) is 5.82 Å². The second-order valence-corrected chi connectivity index (χ2v) is 10.3. The van der Waals surface area contributed by atoms with Crippen molar-refractivity contribution >= 4 is 35.1 Å². The largest absolute Gasteiger partial charge is 0.454 e. The maximum absolute atomic E-state index is 13.1. The number of rotatable bonds is 7. The summed E-state index contributed by atoms with van der Waals surface area (Å²) in [7, 11) is 3.84. The molecule has 10 heteroatoms. The third kappa shape index (κ3) is 5.86. The molecule has 36 heavy (non-hydrogen) atoms. The summed E-state index contributed by atoms with van der Waals surface area (Å²) in [6.45, 7) is 4.21. The highest BCUT2D eigenvalue weighted by Gasteiger charge is 2.23. The Bertz CT molecular complexity index is 1230. The van der Waals surface area contributed by atoms with Gasteiger partial charge in [0.1, 0.15) is 11.0 Å². The average molecular weight is 526 g/mol. The monoisotopic (exact) mass is 525 g/mol. The Labute approximate surface area is 220 Å². The summed E-state index contributed by atoms with van der Waals surface area (Å²) in [5.74, 6) is 3.15. The third-order valence-electron chi connectivity index (χ3n) is 6.19. The number of anilines is 1. The summed E-state index contributed by atoms with van der Waals surface area (Å²) in [4.78, 5) is 28.1. The summed E-state index contributed by atoms with van der Waals surface area (Å²) >= 11 is 7.65. The number of amides is 1. The van der Waals surface area contributed by atoms with Gasteiger partial charge in [-0.25, -0.2) is 9.97 Å². The Morgan fingerprint density at radius 2 is 1.69 bits per heavy atom. The van der Waals surface area contributed by atoms with Crippen LogP contribution in [0.25, 0.3) is 0 Å². The highest BCUT2D eigenvalue weighted by Crippen LogP contribution is 2.33. The van der Waals surface area contributed by atoms with E-state index >= 15 is 0 Å². The summed E-state index contributed by atoms with van der Waals surface area (Å²) in [5.41, 5.74) is 3.00. The molecule has 0 aliphatic carbocycles. The van der Waals surface area contributed by atoms with Gasteiger partial charge in [0.05, 0.1) is 0 Å². The van der Waals surface area contributed by atoms with Crippen LogP contribution in [0.5, 0.6) is 11.5 Å². The number of fused-ring (bicyclic) bond motifs is 1. The van der Waals surface area contributed by atoms with Crippen molar-refractivity contribution in [3.8, 4) is 11.5 Å². The van der Waals surface area contributed by atoms with Crippen LogP contribution < -0.4 is 14.4 Å². The number of hydrogen-bond acceptors (Lipinski definition) is 8. The van der Waals surface area contributed by atoms with Gasteiger partial charge >= 0.3 is 0 Å². The Hall–Kier alpha value is -3.01. The van der Waals surface area contributed by atoms with Crippen molar-refractivity contribution in [1.82, 2.24) is 19.8 Å². The van der Waals surface area contributed by atoms with Gasteiger partial charge in [0.2, 0.25) is 6.79 Å². The number of halogens is 1. The second kappa shape index (κ2) is 10.9. The number of aromatic nitrogens is 2. The molecular formula is C26H28ClN5O3S. The second-order valence-electron chi connectivity index (χ2n) is 8.97. The summed E-state index contributed by atoms with van der Waals surface area (Å²) < 4.78 is 10.9. The van der Waals surface area contributed by atoms with Crippen LogP contribution in [0.3, 0.4) is 0 Å². The van der Waals surface area contributed by atoms with Gasteiger partial charge in [0, 0.05) is 64.2 Å². The van der Waals surface area contributed by atoms with Crippen LogP contribution in [0.1, 0.15) is 21.5 Å². The van der Waals surface area contributed by atoms with Crippen LogP contribution in [0, 0.1) is 0 Å². The fourth-order valence-electron chi connectivity index (χ4n) is 4.16. The van der Waals surface area contributed by atoms with E-state index in [4.69, 9.17) is 21.1 Å². The fourth-order valence-corrected chi connectivity index (χ4v) is 5.20. The lowest BCUT2D eigenvalue weighted by molar-refractivity contribution is 0.0628. The van der Waals surface area contributed by atoms with E-state index in [2.05, 4.69) is 20.9 Å². The molecule has 0 bridgehead atoms. The first-order valence-corrected chi connectivity index (χ1v) is 13.1. The maximum Gasteiger partial charge on any atom is 0.253 e. The van der Waals surface area contributed by atoms with Gasteiger partial charge in [0.15, 0.2) is 16.7 Å². The zero-order chi connectivity index (χ0) is 25.1. The standard InChI is InChI=1S/C26H28ClN5O3S/c1-30(2)24-14-23(27)28-26(29-24)36-16-18-3-6-20(7-4-18)25(33)32-11-9-31(10-12-32)15-19-5-8-21-22(13-19)35-17-34-21/h3-8,13-14H,9-12,15-17H2,1-2H3. The zero-order valence-corrected chi connectivity index (χ0v) is 21.9. The number of benzene rings is 2. The molecule has 188 valence electrons. The molecule has 8 nitrogen and oxygen atoms in total. The van der Waals surface area contributed by atoms with E-state index in [1.54, 1.807) is 6.07 Å². The van der Waals surface area contributed by atoms with Crippen molar-refractivity contribution in [1.29, 1.82) is 0 Å². The van der Waals surface area contributed by atoms with E-state index in [1.807, 2.05) is 60.3 Å². The summed E-state index contributed by atoms with van der Waals surface area (Å²) in [5, 5.41) is 1.05. The molecular weight excluding hydrogens is 498 g/mol. The highest BCUT2D eigenvalue weighted by atomic mass is 35.5. The van der Waals surface area contributed by atoms with Gasteiger partial charge in [-0.2, -0.15) is 0 Å². The Balaban J connectivity index is 1.12. The lowest BCUT2D eigenvalue weighted by Gasteiger charge is -2.34. The number of carbonyl (C=O) groups is 1. The van der Waals surface area contributed by atoms with E-state index in [0.717, 1.165) is 42.5 Å². The molecule has 0 radical (unpaired) electrons. The molecule has 0 spiro atoms. The number of nitrogens with zero attached hydrogens (tertiary/aromatic N) is 5. The minimum Gasteiger partial charge on any atom is -0.454 e. The summed E-state index contributed by atoms with van der Waals surface area (Å²) in [6.07, 6.45) is 0. The van der Waals surface area contributed by atoms with E-state index < -0.39 is 0 Å². The normalized spacial score (nSPS) is 15.2. The molecule has 0 N–H and O–H groups in total. The number of ether oxygens (including phenoxy) is 2. The van der Waals surface area contributed by atoms with Crippen LogP contribution in [0.2, 0.25) is 5.15 Å². The molecule has 0 unspecified atom stereocenters. The van der Waals surface area contributed by atoms with Crippen LogP contribution in [-0.2, 0) is 12.3 Å². The third-order valence-corrected chi connectivity index (χ3v) is 7.30. The molecule has 0 atom stereocenters. The topological polar surface area (TPSA) is 71.0 Å². The van der Waals surface area contributed by atoms with Crippen molar-refractivity contribution in [3.05, 3.63) is 70.4 Å². The highest BCUT2D eigenvalue weighted by molar-refractivity contribution is 7.98. The lowest BCUT2D eigenvalue weighted by Crippen LogP contribution is -2.48. The fraction of sp³-hybridized carbons (Fsp3) is 0.346. The minimum atomic E-state index is 0.0748. The SMILES string of the molecule is CN(C)c1cc(Cl)nc(SCc2ccc(C(=O)N3CCN(Cc4ccc5c(c4)OCO5)CC3)cc2)n1. The molecule has 3 heterocycles. The van der Waals surface area contributed by atoms with Crippen molar-refractivity contribution < 1.29 is 14.3 Å². The molecule has 1 aromatic heterocycles. The van der Waals surface area contributed by atoms with E-state index in [1.165, 1.54) is 17.3 Å². The van der Waals surface area contributed by atoms with Gasteiger partial charge in [0.25, 0.3) is 5.91 Å². The van der Waals surface area contributed by atoms with Gasteiger partial charge < -0.3 is 19.3 Å². The van der Waals surface area contributed by atoms with Crippen molar-refractivity contribution in [3.63, 3.8) is 0 Å². The smallest absolute Gasteiger partial charge is 0.253 e. The van der Waals surface area contributed by atoms with Crippen LogP contribution >= 0.6 is 23.4 Å². The molecule has 1 fully saturated rings. The predicted molar refractivity (Wildman–Crippen MR) is 141 cm³/mol. The molecule has 5 rings (SSSR count). The first-order chi connectivity index (χ1) is 17.4. The first kappa shape index (κ1) is 24.7. The first-order valence-electron chi connectivity index (χ1n) is 11.8. The predicted octanol–water partition coefficient (Wildman–Crippen LogP) is 4.18. The maximum atomic E-state index is 13.1. The Morgan fingerprint density at radius 1 is 0.972 bits per heavy atom. The molecule has 3 aromatic rings.